The van der Waals surface area contributed by atoms with Gasteiger partial charge in [0.15, 0.2) is 0 Å². The summed E-state index contributed by atoms with van der Waals surface area (Å²) in [7, 11) is 0. The van der Waals surface area contributed by atoms with Crippen molar-refractivity contribution in [2.45, 2.75) is 57.5 Å². The van der Waals surface area contributed by atoms with Crippen LogP contribution in [0.15, 0.2) is 30.3 Å². The van der Waals surface area contributed by atoms with Crippen molar-refractivity contribution in [1.29, 1.82) is 0 Å². The number of benzene rings is 1. The Balaban J connectivity index is 1.78. The van der Waals surface area contributed by atoms with Crippen LogP contribution in [-0.2, 0) is 4.74 Å². The second-order valence-corrected chi connectivity index (χ2v) is 5.09. The van der Waals surface area contributed by atoms with Crippen LogP contribution in [0.1, 0.15) is 56.9 Å². The number of rotatable bonds is 8. The van der Waals surface area contributed by atoms with E-state index in [4.69, 9.17) is 4.74 Å². The van der Waals surface area contributed by atoms with E-state index in [-0.39, 0.29) is 0 Å². The van der Waals surface area contributed by atoms with Gasteiger partial charge >= 0.3 is 0 Å². The van der Waals surface area contributed by atoms with Crippen LogP contribution in [0, 0.1) is 0 Å². The molecule has 1 aromatic carbocycles. The predicted molar refractivity (Wildman–Crippen MR) is 72.3 cm³/mol. The molecule has 1 fully saturated rings. The van der Waals surface area contributed by atoms with Crippen LogP contribution in [0.4, 0.5) is 0 Å². The minimum absolute atomic E-state index is 0.503. The van der Waals surface area contributed by atoms with Gasteiger partial charge in [0, 0.05) is 5.92 Å². The molecular weight excluding hydrogens is 208 g/mol. The monoisotopic (exact) mass is 232 g/mol. The van der Waals surface area contributed by atoms with Gasteiger partial charge in [0.25, 0.3) is 0 Å². The largest absolute Gasteiger partial charge is 0.372 e. The zero-order valence-corrected chi connectivity index (χ0v) is 10.9. The fourth-order valence-corrected chi connectivity index (χ4v) is 2.52. The van der Waals surface area contributed by atoms with Gasteiger partial charge in [-0.25, -0.2) is 0 Å². The van der Waals surface area contributed by atoms with E-state index in [0.717, 1.165) is 6.61 Å². The lowest BCUT2D eigenvalue weighted by Gasteiger charge is -2.14. The Morgan fingerprint density at radius 1 is 1.12 bits per heavy atom. The Kier molecular flexibility index (Phi) is 5.06. The molecule has 0 spiro atoms. The van der Waals surface area contributed by atoms with E-state index in [9.17, 15) is 0 Å². The molecule has 1 heteroatoms. The van der Waals surface area contributed by atoms with Crippen LogP contribution < -0.4 is 0 Å². The third-order valence-electron chi connectivity index (χ3n) is 3.65. The summed E-state index contributed by atoms with van der Waals surface area (Å²) in [6.45, 7) is 3.24. The second-order valence-electron chi connectivity index (χ2n) is 5.09. The summed E-state index contributed by atoms with van der Waals surface area (Å²) >= 11 is 0. The van der Waals surface area contributed by atoms with Gasteiger partial charge in [0.05, 0.1) is 12.7 Å². The van der Waals surface area contributed by atoms with Crippen molar-refractivity contribution in [3.63, 3.8) is 0 Å². The van der Waals surface area contributed by atoms with Crippen molar-refractivity contribution in [1.82, 2.24) is 0 Å². The number of hydrogen-bond donors (Lipinski definition) is 0. The third-order valence-corrected chi connectivity index (χ3v) is 3.65. The lowest BCUT2D eigenvalue weighted by Crippen LogP contribution is -2.06. The van der Waals surface area contributed by atoms with E-state index in [2.05, 4.69) is 37.3 Å². The number of unbranched alkanes of at least 4 members (excludes halogenated alkanes) is 4. The van der Waals surface area contributed by atoms with E-state index in [1.807, 2.05) is 0 Å². The Morgan fingerprint density at radius 2 is 1.82 bits per heavy atom. The summed E-state index contributed by atoms with van der Waals surface area (Å²) in [5.41, 5.74) is 1.46. The summed E-state index contributed by atoms with van der Waals surface area (Å²) in [5.74, 6) is 0.637. The molecule has 0 aromatic heterocycles. The van der Waals surface area contributed by atoms with Crippen LogP contribution in [0.5, 0.6) is 0 Å². The Bertz CT molecular complexity index is 303. The van der Waals surface area contributed by atoms with Gasteiger partial charge in [0.2, 0.25) is 0 Å². The first kappa shape index (κ1) is 12.6. The maximum atomic E-state index is 5.50. The zero-order chi connectivity index (χ0) is 11.9. The lowest BCUT2D eigenvalue weighted by atomic mass is 9.90. The third kappa shape index (κ3) is 4.16. The molecular formula is C16H24O. The Morgan fingerprint density at radius 3 is 2.47 bits per heavy atom. The molecule has 1 saturated heterocycles. The Hall–Kier alpha value is -0.820. The first-order chi connectivity index (χ1) is 8.42. The highest BCUT2D eigenvalue weighted by atomic mass is 16.6. The average Bonchev–Trinajstić information content (AvgIpc) is 3.19. The fraction of sp³-hybridized carbons (Fsp3) is 0.625. The van der Waals surface area contributed by atoms with Crippen LogP contribution in [0.3, 0.4) is 0 Å². The molecule has 0 radical (unpaired) electrons. The molecule has 0 amide bonds. The van der Waals surface area contributed by atoms with Crippen LogP contribution in [-0.4, -0.2) is 12.7 Å². The first-order valence-corrected chi connectivity index (χ1v) is 7.08. The van der Waals surface area contributed by atoms with Crippen molar-refractivity contribution < 1.29 is 4.74 Å². The SMILES string of the molecule is CCCCCCCC(c1ccccc1)C1CO1. The van der Waals surface area contributed by atoms with Crippen molar-refractivity contribution >= 4 is 0 Å². The number of ether oxygens (including phenoxy) is 1. The average molecular weight is 232 g/mol. The van der Waals surface area contributed by atoms with E-state index < -0.39 is 0 Å². The molecule has 2 rings (SSSR count). The summed E-state index contributed by atoms with van der Waals surface area (Å²) in [5, 5.41) is 0. The smallest absolute Gasteiger partial charge is 0.0878 e. The normalized spacial score (nSPS) is 20.2. The fourth-order valence-electron chi connectivity index (χ4n) is 2.52. The molecule has 1 aromatic rings. The molecule has 1 aliphatic heterocycles. The quantitative estimate of drug-likeness (QED) is 0.474. The standard InChI is InChI=1S/C16H24O/c1-2-3-4-5-9-12-15(16-13-17-16)14-10-7-6-8-11-14/h6-8,10-11,15-16H,2-5,9,12-13H2,1H3. The molecule has 2 atom stereocenters. The van der Waals surface area contributed by atoms with Gasteiger partial charge in [-0.05, 0) is 12.0 Å². The molecule has 0 aliphatic carbocycles. The van der Waals surface area contributed by atoms with Crippen molar-refractivity contribution in [2.75, 3.05) is 6.61 Å². The number of hydrogen-bond acceptors (Lipinski definition) is 1. The summed E-state index contributed by atoms with van der Waals surface area (Å²) in [4.78, 5) is 0. The zero-order valence-electron chi connectivity index (χ0n) is 10.9. The minimum Gasteiger partial charge on any atom is -0.372 e. The molecule has 17 heavy (non-hydrogen) atoms. The molecule has 0 saturated carbocycles. The highest BCUT2D eigenvalue weighted by Gasteiger charge is 2.32. The van der Waals surface area contributed by atoms with Crippen LogP contribution in [0.25, 0.3) is 0 Å². The molecule has 1 nitrogen and oxygen atoms in total. The maximum absolute atomic E-state index is 5.50. The second kappa shape index (κ2) is 6.80. The van der Waals surface area contributed by atoms with Gasteiger partial charge in [-0.15, -0.1) is 0 Å². The maximum Gasteiger partial charge on any atom is 0.0878 e. The first-order valence-electron chi connectivity index (χ1n) is 7.08. The molecule has 1 aliphatic rings. The van der Waals surface area contributed by atoms with Gasteiger partial charge in [0.1, 0.15) is 0 Å². The van der Waals surface area contributed by atoms with E-state index in [0.29, 0.717) is 12.0 Å². The molecule has 2 unspecified atom stereocenters. The summed E-state index contributed by atoms with van der Waals surface area (Å²) in [6, 6.07) is 10.9. The van der Waals surface area contributed by atoms with Crippen LogP contribution in [0.2, 0.25) is 0 Å². The van der Waals surface area contributed by atoms with Gasteiger partial charge in [-0.3, -0.25) is 0 Å². The molecule has 0 bridgehead atoms. The van der Waals surface area contributed by atoms with Gasteiger partial charge in [-0.1, -0.05) is 69.4 Å². The molecule has 94 valence electrons. The van der Waals surface area contributed by atoms with E-state index >= 15 is 0 Å². The minimum atomic E-state index is 0.503. The van der Waals surface area contributed by atoms with E-state index in [1.54, 1.807) is 0 Å². The topological polar surface area (TPSA) is 12.5 Å². The molecule has 0 N–H and O–H groups in total. The highest BCUT2D eigenvalue weighted by Crippen LogP contribution is 2.34. The van der Waals surface area contributed by atoms with Crippen LogP contribution >= 0.6 is 0 Å². The molecule has 1 heterocycles. The van der Waals surface area contributed by atoms with Gasteiger partial charge < -0.3 is 4.74 Å². The summed E-state index contributed by atoms with van der Waals surface area (Å²) < 4.78 is 5.50. The lowest BCUT2D eigenvalue weighted by molar-refractivity contribution is 0.359. The van der Waals surface area contributed by atoms with Crippen molar-refractivity contribution in [3.8, 4) is 0 Å². The summed E-state index contributed by atoms with van der Waals surface area (Å²) in [6.07, 6.45) is 8.62. The van der Waals surface area contributed by atoms with E-state index in [1.165, 1.54) is 44.1 Å². The highest BCUT2D eigenvalue weighted by molar-refractivity contribution is 5.21. The Labute approximate surface area is 105 Å². The van der Waals surface area contributed by atoms with Crippen molar-refractivity contribution in [3.05, 3.63) is 35.9 Å². The predicted octanol–water partition coefficient (Wildman–Crippen LogP) is 4.53. The number of epoxide rings is 1. The van der Waals surface area contributed by atoms with Gasteiger partial charge in [-0.2, -0.15) is 0 Å². The van der Waals surface area contributed by atoms with Crippen molar-refractivity contribution in [2.24, 2.45) is 0 Å².